The van der Waals surface area contributed by atoms with Gasteiger partial charge in [-0.05, 0) is 37.1 Å². The zero-order valence-corrected chi connectivity index (χ0v) is 24.0. The number of hydrogen-bond donors (Lipinski definition) is 1. The van der Waals surface area contributed by atoms with Gasteiger partial charge in [0.1, 0.15) is 0 Å². The number of halogens is 1. The Bertz CT molecular complexity index is 1820. The second-order valence-corrected chi connectivity index (χ2v) is 11.5. The number of para-hydroxylation sites is 1. The fraction of sp³-hybridized carbons (Fsp3) is 0.241. The van der Waals surface area contributed by atoms with Crippen LogP contribution in [0.3, 0.4) is 0 Å². The lowest BCUT2D eigenvalue weighted by Crippen LogP contribution is -2.37. The molecule has 6 rings (SSSR count). The number of fused-ring (bicyclic) bond motifs is 2. The van der Waals surface area contributed by atoms with E-state index in [0.29, 0.717) is 19.6 Å². The molecule has 1 saturated heterocycles. The number of amides is 1. The van der Waals surface area contributed by atoms with Crippen molar-refractivity contribution in [3.63, 3.8) is 0 Å². The Balaban J connectivity index is 0.00000337. The third-order valence-electron chi connectivity index (χ3n) is 6.85. The van der Waals surface area contributed by atoms with E-state index in [1.165, 1.54) is 0 Å². The standard InChI is InChI=1S/C29H28N6O4S.ClH/c1-40(37,38)33-29(36)22-8-6-21(7-9-22)26-18-30-27(34-14-16-39-17-15-34)28-32-24(19-35(26)28)13-12-23-11-10-20-4-2-3-5-25(20)31-23;/h2-11,18-19H,12-17H2,1H3,(H,33,36);1H. The van der Waals surface area contributed by atoms with Gasteiger partial charge in [0, 0.05) is 41.5 Å². The lowest BCUT2D eigenvalue weighted by molar-refractivity contribution is 0.0981. The Hall–Kier alpha value is -4.06. The number of sulfonamides is 1. The van der Waals surface area contributed by atoms with E-state index in [0.717, 1.165) is 70.8 Å². The third-order valence-corrected chi connectivity index (χ3v) is 7.41. The molecule has 212 valence electrons. The van der Waals surface area contributed by atoms with Crippen molar-refractivity contribution in [3.8, 4) is 11.3 Å². The van der Waals surface area contributed by atoms with Gasteiger partial charge in [-0.25, -0.2) is 23.1 Å². The van der Waals surface area contributed by atoms with Crippen molar-refractivity contribution < 1.29 is 17.9 Å². The highest BCUT2D eigenvalue weighted by atomic mass is 35.5. The summed E-state index contributed by atoms with van der Waals surface area (Å²) in [6.45, 7) is 2.73. The number of ether oxygens (including phenoxy) is 1. The van der Waals surface area contributed by atoms with Crippen molar-refractivity contribution in [2.45, 2.75) is 12.8 Å². The number of nitrogens with one attached hydrogen (secondary N) is 1. The van der Waals surface area contributed by atoms with Crippen molar-refractivity contribution >= 4 is 50.7 Å². The number of rotatable bonds is 7. The van der Waals surface area contributed by atoms with Gasteiger partial charge in [-0.15, -0.1) is 12.4 Å². The van der Waals surface area contributed by atoms with Gasteiger partial charge in [0.25, 0.3) is 5.91 Å². The van der Waals surface area contributed by atoms with Crippen LogP contribution in [0.15, 0.2) is 73.1 Å². The minimum atomic E-state index is -3.65. The Kier molecular flexibility index (Phi) is 8.20. The monoisotopic (exact) mass is 592 g/mol. The maximum absolute atomic E-state index is 12.3. The molecular formula is C29H29ClN6O4S. The zero-order chi connectivity index (χ0) is 27.7. The largest absolute Gasteiger partial charge is 0.378 e. The van der Waals surface area contributed by atoms with Crippen LogP contribution in [0.1, 0.15) is 21.7 Å². The summed E-state index contributed by atoms with van der Waals surface area (Å²) in [7, 11) is -3.65. The second kappa shape index (κ2) is 11.8. The number of morpholine rings is 1. The maximum atomic E-state index is 12.3. The highest BCUT2D eigenvalue weighted by molar-refractivity contribution is 7.89. The molecule has 4 heterocycles. The lowest BCUT2D eigenvalue weighted by Gasteiger charge is -2.28. The first-order chi connectivity index (χ1) is 19.3. The molecule has 1 aliphatic heterocycles. The summed E-state index contributed by atoms with van der Waals surface area (Å²) in [5.41, 5.74) is 5.53. The Morgan fingerprint density at radius 2 is 1.68 bits per heavy atom. The molecule has 0 unspecified atom stereocenters. The van der Waals surface area contributed by atoms with E-state index in [4.69, 9.17) is 19.7 Å². The molecule has 0 radical (unpaired) electrons. The zero-order valence-electron chi connectivity index (χ0n) is 22.4. The summed E-state index contributed by atoms with van der Waals surface area (Å²) in [5, 5.41) is 1.12. The van der Waals surface area contributed by atoms with Gasteiger partial charge in [0.05, 0.1) is 42.6 Å². The van der Waals surface area contributed by atoms with Crippen LogP contribution < -0.4 is 9.62 Å². The molecule has 0 atom stereocenters. The molecule has 1 amide bonds. The number of aromatic nitrogens is 4. The Labute approximate surface area is 243 Å². The first kappa shape index (κ1) is 28.5. The van der Waals surface area contributed by atoms with Crippen LogP contribution in [-0.2, 0) is 27.6 Å². The topological polar surface area (TPSA) is 119 Å². The molecule has 1 aliphatic rings. The van der Waals surface area contributed by atoms with Crippen LogP contribution >= 0.6 is 12.4 Å². The number of carbonyl (C=O) groups is 1. The minimum Gasteiger partial charge on any atom is -0.378 e. The number of aryl methyl sites for hydroxylation is 2. The van der Waals surface area contributed by atoms with Crippen LogP contribution in [0.25, 0.3) is 27.8 Å². The molecule has 1 fully saturated rings. The van der Waals surface area contributed by atoms with Gasteiger partial charge >= 0.3 is 0 Å². The van der Waals surface area contributed by atoms with Crippen LogP contribution in [-0.4, -0.2) is 66.2 Å². The van der Waals surface area contributed by atoms with Gasteiger partial charge < -0.3 is 9.64 Å². The van der Waals surface area contributed by atoms with E-state index < -0.39 is 15.9 Å². The molecule has 0 spiro atoms. The van der Waals surface area contributed by atoms with Gasteiger partial charge in [-0.1, -0.05) is 36.4 Å². The number of imidazole rings is 1. The van der Waals surface area contributed by atoms with Crippen molar-refractivity contribution in [2.24, 2.45) is 0 Å². The average molecular weight is 593 g/mol. The van der Waals surface area contributed by atoms with Gasteiger partial charge in [0.2, 0.25) is 10.0 Å². The summed E-state index contributed by atoms with van der Waals surface area (Å²) in [6.07, 6.45) is 6.24. The Morgan fingerprint density at radius 1 is 0.951 bits per heavy atom. The summed E-state index contributed by atoms with van der Waals surface area (Å²) in [6, 6.07) is 19.0. The van der Waals surface area contributed by atoms with Crippen molar-refractivity contribution in [1.82, 2.24) is 24.1 Å². The molecule has 0 saturated carbocycles. The molecule has 1 N–H and O–H groups in total. The van der Waals surface area contributed by atoms with Crippen LogP contribution in [0, 0.1) is 0 Å². The van der Waals surface area contributed by atoms with Gasteiger partial charge in [-0.2, -0.15) is 0 Å². The quantitative estimate of drug-likeness (QED) is 0.304. The number of pyridine rings is 1. The smallest absolute Gasteiger partial charge is 0.264 e. The molecule has 12 heteroatoms. The van der Waals surface area contributed by atoms with Crippen molar-refractivity contribution in [1.29, 1.82) is 0 Å². The SMILES string of the molecule is CS(=O)(=O)NC(=O)c1ccc(-c2cnc(N3CCOCC3)c3nc(CCc4ccc5ccccc5n4)cn23)cc1.Cl. The Morgan fingerprint density at radius 3 is 2.44 bits per heavy atom. The summed E-state index contributed by atoms with van der Waals surface area (Å²) in [4.78, 5) is 29.0. The number of nitrogens with zero attached hydrogens (tertiary/aromatic N) is 5. The van der Waals surface area contributed by atoms with E-state index >= 15 is 0 Å². The molecule has 5 aromatic rings. The molecule has 2 aromatic carbocycles. The van der Waals surface area contributed by atoms with E-state index in [1.54, 1.807) is 30.5 Å². The van der Waals surface area contributed by atoms with E-state index in [9.17, 15) is 13.2 Å². The summed E-state index contributed by atoms with van der Waals surface area (Å²) < 4.78 is 32.5. The predicted octanol–water partition coefficient (Wildman–Crippen LogP) is 3.68. The van der Waals surface area contributed by atoms with Crippen molar-refractivity contribution in [3.05, 3.63) is 90.0 Å². The highest BCUT2D eigenvalue weighted by Gasteiger charge is 2.20. The average Bonchev–Trinajstić information content (AvgIpc) is 3.39. The minimum absolute atomic E-state index is 0. The van der Waals surface area contributed by atoms with E-state index in [2.05, 4.69) is 23.1 Å². The van der Waals surface area contributed by atoms with Crippen molar-refractivity contribution in [2.75, 3.05) is 37.5 Å². The third kappa shape index (κ3) is 6.32. The molecule has 0 aliphatic carbocycles. The molecule has 3 aromatic heterocycles. The number of anilines is 1. The molecule has 0 bridgehead atoms. The van der Waals surface area contributed by atoms with E-state index in [1.807, 2.05) is 33.5 Å². The molecule has 41 heavy (non-hydrogen) atoms. The normalized spacial score (nSPS) is 13.7. The lowest BCUT2D eigenvalue weighted by atomic mass is 10.1. The van der Waals surface area contributed by atoms with Crippen LogP contribution in [0.2, 0.25) is 0 Å². The summed E-state index contributed by atoms with van der Waals surface area (Å²) in [5.74, 6) is 0.124. The predicted molar refractivity (Wildman–Crippen MR) is 160 cm³/mol. The fourth-order valence-electron chi connectivity index (χ4n) is 4.87. The van der Waals surface area contributed by atoms with Crippen LogP contribution in [0.5, 0.6) is 0 Å². The first-order valence-electron chi connectivity index (χ1n) is 13.0. The van der Waals surface area contributed by atoms with Gasteiger partial charge in [0.15, 0.2) is 11.5 Å². The number of carbonyl (C=O) groups excluding carboxylic acids is 1. The second-order valence-electron chi connectivity index (χ2n) is 9.77. The first-order valence-corrected chi connectivity index (χ1v) is 14.9. The van der Waals surface area contributed by atoms with Crippen LogP contribution in [0.4, 0.5) is 5.82 Å². The number of hydrogen-bond acceptors (Lipinski definition) is 8. The summed E-state index contributed by atoms with van der Waals surface area (Å²) >= 11 is 0. The highest BCUT2D eigenvalue weighted by Crippen LogP contribution is 2.27. The molecular weight excluding hydrogens is 564 g/mol. The number of benzene rings is 2. The molecule has 10 nitrogen and oxygen atoms in total. The van der Waals surface area contributed by atoms with Gasteiger partial charge in [-0.3, -0.25) is 14.2 Å². The van der Waals surface area contributed by atoms with E-state index in [-0.39, 0.29) is 18.0 Å². The fourth-order valence-corrected chi connectivity index (χ4v) is 5.32. The maximum Gasteiger partial charge on any atom is 0.264 e.